The van der Waals surface area contributed by atoms with E-state index < -0.39 is 0 Å². The lowest BCUT2D eigenvalue weighted by molar-refractivity contribution is -0.116. The highest BCUT2D eigenvalue weighted by Gasteiger charge is 2.12. The molecule has 4 nitrogen and oxygen atoms in total. The van der Waals surface area contributed by atoms with Crippen molar-refractivity contribution in [1.82, 2.24) is 0 Å². The van der Waals surface area contributed by atoms with Gasteiger partial charge in [0.15, 0.2) is 0 Å². The Hall–Kier alpha value is -2.80. The summed E-state index contributed by atoms with van der Waals surface area (Å²) in [5.41, 5.74) is 3.33. The van der Waals surface area contributed by atoms with E-state index in [-0.39, 0.29) is 11.9 Å². The number of carbonyl (C=O) groups excluding carboxylic acids is 1. The highest BCUT2D eigenvalue weighted by molar-refractivity contribution is 5.96. The molecule has 0 aromatic heterocycles. The highest BCUT2D eigenvalue weighted by Crippen LogP contribution is 2.12. The largest absolute Gasteiger partial charge is 0.374 e. The summed E-state index contributed by atoms with van der Waals surface area (Å²) in [5.74, 6) is -0.125. The third-order valence-electron chi connectivity index (χ3n) is 3.11. The van der Waals surface area contributed by atoms with Crippen LogP contribution in [0.5, 0.6) is 0 Å². The number of anilines is 2. The molecule has 0 fully saturated rings. The maximum Gasteiger partial charge on any atom is 0.246 e. The topological polar surface area (TPSA) is 64.9 Å². The van der Waals surface area contributed by atoms with Gasteiger partial charge < -0.3 is 10.6 Å². The molecule has 2 N–H and O–H groups in total. The Kier molecular flexibility index (Phi) is 4.57. The monoisotopic (exact) mass is 279 g/mol. The second kappa shape index (κ2) is 6.58. The SMILES string of the molecule is Cc1ccc(N[C@H](C)C(=O)Nc2ccc(C#N)cc2)cc1. The first-order valence-corrected chi connectivity index (χ1v) is 6.73. The molecular weight excluding hydrogens is 262 g/mol. The number of nitrogens with one attached hydrogen (secondary N) is 2. The van der Waals surface area contributed by atoms with Crippen LogP contribution in [-0.4, -0.2) is 11.9 Å². The Morgan fingerprint density at radius 1 is 1.05 bits per heavy atom. The number of amides is 1. The molecule has 1 atom stereocenters. The average Bonchev–Trinajstić information content (AvgIpc) is 2.50. The molecule has 4 heteroatoms. The second-order valence-corrected chi connectivity index (χ2v) is 4.91. The lowest BCUT2D eigenvalue weighted by Gasteiger charge is -2.15. The molecule has 0 saturated carbocycles. The first kappa shape index (κ1) is 14.6. The van der Waals surface area contributed by atoms with Crippen molar-refractivity contribution < 1.29 is 4.79 Å². The van der Waals surface area contributed by atoms with E-state index in [1.165, 1.54) is 5.56 Å². The van der Waals surface area contributed by atoms with E-state index in [2.05, 4.69) is 10.6 Å². The van der Waals surface area contributed by atoms with Crippen molar-refractivity contribution >= 4 is 17.3 Å². The molecule has 0 heterocycles. The lowest BCUT2D eigenvalue weighted by atomic mass is 10.2. The minimum Gasteiger partial charge on any atom is -0.374 e. The van der Waals surface area contributed by atoms with E-state index in [1.807, 2.05) is 37.3 Å². The number of aryl methyl sites for hydroxylation is 1. The number of benzene rings is 2. The number of carbonyl (C=O) groups is 1. The summed E-state index contributed by atoms with van der Waals surface area (Å²) in [6.45, 7) is 3.82. The van der Waals surface area contributed by atoms with E-state index in [0.29, 0.717) is 11.3 Å². The van der Waals surface area contributed by atoms with Crippen LogP contribution >= 0.6 is 0 Å². The van der Waals surface area contributed by atoms with Crippen LogP contribution in [0, 0.1) is 18.3 Å². The molecule has 1 amide bonds. The Labute approximate surface area is 124 Å². The Morgan fingerprint density at radius 3 is 2.19 bits per heavy atom. The summed E-state index contributed by atoms with van der Waals surface area (Å²) in [5, 5.41) is 14.7. The summed E-state index contributed by atoms with van der Waals surface area (Å²) in [7, 11) is 0. The average molecular weight is 279 g/mol. The molecule has 0 aliphatic heterocycles. The summed E-state index contributed by atoms with van der Waals surface area (Å²) in [6.07, 6.45) is 0. The van der Waals surface area contributed by atoms with E-state index in [9.17, 15) is 4.79 Å². The highest BCUT2D eigenvalue weighted by atomic mass is 16.2. The van der Waals surface area contributed by atoms with Crippen molar-refractivity contribution in [2.75, 3.05) is 10.6 Å². The zero-order chi connectivity index (χ0) is 15.2. The Bertz CT molecular complexity index is 654. The van der Waals surface area contributed by atoms with Crippen LogP contribution in [0.2, 0.25) is 0 Å². The molecule has 2 rings (SSSR count). The molecule has 0 spiro atoms. The van der Waals surface area contributed by atoms with Gasteiger partial charge in [0.1, 0.15) is 6.04 Å². The van der Waals surface area contributed by atoms with Crippen molar-refractivity contribution in [2.45, 2.75) is 19.9 Å². The van der Waals surface area contributed by atoms with Crippen LogP contribution in [0.15, 0.2) is 48.5 Å². The number of rotatable bonds is 4. The maximum absolute atomic E-state index is 12.1. The first-order valence-electron chi connectivity index (χ1n) is 6.73. The van der Waals surface area contributed by atoms with Gasteiger partial charge in [-0.25, -0.2) is 0 Å². The zero-order valence-corrected chi connectivity index (χ0v) is 12.1. The molecule has 106 valence electrons. The van der Waals surface area contributed by atoms with E-state index in [1.54, 1.807) is 31.2 Å². The predicted molar refractivity (Wildman–Crippen MR) is 84.1 cm³/mol. The quantitative estimate of drug-likeness (QED) is 0.902. The fourth-order valence-electron chi connectivity index (χ4n) is 1.84. The van der Waals surface area contributed by atoms with Gasteiger partial charge in [0.2, 0.25) is 5.91 Å². The summed E-state index contributed by atoms with van der Waals surface area (Å²) < 4.78 is 0. The van der Waals surface area contributed by atoms with Gasteiger partial charge in [0.05, 0.1) is 11.6 Å². The van der Waals surface area contributed by atoms with Crippen LogP contribution in [-0.2, 0) is 4.79 Å². The number of nitrogens with zero attached hydrogens (tertiary/aromatic N) is 1. The van der Waals surface area contributed by atoms with Gasteiger partial charge in [-0.3, -0.25) is 4.79 Å². The van der Waals surface area contributed by atoms with Crippen LogP contribution in [0.3, 0.4) is 0 Å². The van der Waals surface area contributed by atoms with Gasteiger partial charge >= 0.3 is 0 Å². The van der Waals surface area contributed by atoms with Crippen LogP contribution in [0.4, 0.5) is 11.4 Å². The van der Waals surface area contributed by atoms with E-state index >= 15 is 0 Å². The predicted octanol–water partition coefficient (Wildman–Crippen LogP) is 3.31. The van der Waals surface area contributed by atoms with E-state index in [0.717, 1.165) is 5.69 Å². The van der Waals surface area contributed by atoms with Gasteiger partial charge in [0.25, 0.3) is 0 Å². The number of hydrogen-bond donors (Lipinski definition) is 2. The van der Waals surface area contributed by atoms with Crippen LogP contribution in [0.1, 0.15) is 18.1 Å². The Balaban J connectivity index is 1.95. The summed E-state index contributed by atoms with van der Waals surface area (Å²) in [4.78, 5) is 12.1. The van der Waals surface area contributed by atoms with Gasteiger partial charge in [-0.1, -0.05) is 17.7 Å². The lowest BCUT2D eigenvalue weighted by Crippen LogP contribution is -2.31. The zero-order valence-electron chi connectivity index (χ0n) is 12.1. The molecule has 0 radical (unpaired) electrons. The maximum atomic E-state index is 12.1. The molecule has 0 aliphatic carbocycles. The van der Waals surface area contributed by atoms with Crippen LogP contribution < -0.4 is 10.6 Å². The molecule has 0 unspecified atom stereocenters. The first-order chi connectivity index (χ1) is 10.1. The van der Waals surface area contributed by atoms with Gasteiger partial charge in [-0.2, -0.15) is 5.26 Å². The molecule has 2 aromatic carbocycles. The van der Waals surface area contributed by atoms with Crippen molar-refractivity contribution in [2.24, 2.45) is 0 Å². The molecule has 0 aliphatic rings. The molecule has 2 aromatic rings. The fraction of sp³-hybridized carbons (Fsp3) is 0.176. The van der Waals surface area contributed by atoms with Crippen molar-refractivity contribution in [3.8, 4) is 6.07 Å². The Morgan fingerprint density at radius 2 is 1.62 bits per heavy atom. The number of hydrogen-bond acceptors (Lipinski definition) is 3. The van der Waals surface area contributed by atoms with Crippen LogP contribution in [0.25, 0.3) is 0 Å². The fourth-order valence-corrected chi connectivity index (χ4v) is 1.84. The van der Waals surface area contributed by atoms with Gasteiger partial charge in [-0.05, 0) is 50.2 Å². The third-order valence-corrected chi connectivity index (χ3v) is 3.11. The molecule has 0 bridgehead atoms. The normalized spacial score (nSPS) is 11.3. The van der Waals surface area contributed by atoms with Gasteiger partial charge in [0, 0.05) is 11.4 Å². The van der Waals surface area contributed by atoms with Crippen molar-refractivity contribution in [3.05, 3.63) is 59.7 Å². The molecule has 21 heavy (non-hydrogen) atoms. The number of nitriles is 1. The molecule has 0 saturated heterocycles. The summed E-state index contributed by atoms with van der Waals surface area (Å²) in [6, 6.07) is 16.3. The second-order valence-electron chi connectivity index (χ2n) is 4.91. The third kappa shape index (κ3) is 4.08. The minimum absolute atomic E-state index is 0.125. The van der Waals surface area contributed by atoms with Crippen molar-refractivity contribution in [1.29, 1.82) is 5.26 Å². The van der Waals surface area contributed by atoms with E-state index in [4.69, 9.17) is 5.26 Å². The summed E-state index contributed by atoms with van der Waals surface area (Å²) >= 11 is 0. The minimum atomic E-state index is -0.358. The van der Waals surface area contributed by atoms with Crippen molar-refractivity contribution in [3.63, 3.8) is 0 Å². The van der Waals surface area contributed by atoms with Gasteiger partial charge in [-0.15, -0.1) is 0 Å². The smallest absolute Gasteiger partial charge is 0.246 e. The standard InChI is InChI=1S/C17H17N3O/c1-12-3-7-15(8-4-12)19-13(2)17(21)20-16-9-5-14(11-18)6-10-16/h3-10,13,19H,1-2H3,(H,20,21)/t13-/m1/s1. The molecular formula is C17H17N3O.